The molecule has 0 aliphatic carbocycles. The summed E-state index contributed by atoms with van der Waals surface area (Å²) >= 11 is 1.68. The average molecular weight is 581 g/mol. The Balaban J connectivity index is 1.75. The summed E-state index contributed by atoms with van der Waals surface area (Å²) in [6.45, 7) is 12.0. The fraction of sp³-hybridized carbons (Fsp3) is 0.452. The first-order valence-electron chi connectivity index (χ1n) is 13.8. The van der Waals surface area contributed by atoms with Gasteiger partial charge in [-0.25, -0.2) is 9.18 Å². The molecule has 1 aromatic heterocycles. The Kier molecular flexibility index (Phi) is 8.27. The number of aromatic nitrogens is 2. The number of nitrogens with zero attached hydrogens (tertiary/aromatic N) is 4. The molecule has 218 valence electrons. The van der Waals surface area contributed by atoms with E-state index in [9.17, 15) is 14.0 Å². The Morgan fingerprint density at radius 2 is 1.80 bits per heavy atom. The van der Waals surface area contributed by atoms with E-state index in [1.165, 1.54) is 18.2 Å². The van der Waals surface area contributed by atoms with Crippen LogP contribution in [0, 0.1) is 18.2 Å². The van der Waals surface area contributed by atoms with Gasteiger partial charge in [-0.05, 0) is 56.2 Å². The van der Waals surface area contributed by atoms with Gasteiger partial charge in [0.1, 0.15) is 11.6 Å². The third-order valence-electron chi connectivity index (χ3n) is 8.09. The van der Waals surface area contributed by atoms with Crippen LogP contribution in [0.1, 0.15) is 19.4 Å². The van der Waals surface area contributed by atoms with Gasteiger partial charge >= 0.3 is 5.69 Å². The molecular formula is C31H37FN4O4S. The minimum absolute atomic E-state index is 0.0938. The van der Waals surface area contributed by atoms with Crippen molar-refractivity contribution in [3.8, 4) is 11.1 Å². The third kappa shape index (κ3) is 5.29. The molecule has 0 N–H and O–H groups in total. The molecule has 1 saturated heterocycles. The number of hydrogen-bond donors (Lipinski definition) is 0. The van der Waals surface area contributed by atoms with Crippen LogP contribution in [0.15, 0.2) is 52.7 Å². The van der Waals surface area contributed by atoms with Gasteiger partial charge in [-0.2, -0.15) is 4.98 Å². The first kappa shape index (κ1) is 29.3. The summed E-state index contributed by atoms with van der Waals surface area (Å²) in [7, 11) is 3.32. The molecule has 2 aliphatic heterocycles. The lowest BCUT2D eigenvalue weighted by Crippen LogP contribution is -2.58. The number of thioether (sulfide) groups is 1. The number of halogens is 1. The molecule has 2 aliphatic rings. The number of hydrogen-bond acceptors (Lipinski definition) is 7. The number of ether oxygens (including phenoxy) is 2. The van der Waals surface area contributed by atoms with Crippen LogP contribution in [0.4, 0.5) is 10.2 Å². The minimum atomic E-state index is -0.458. The lowest BCUT2D eigenvalue weighted by molar-refractivity contribution is -0.130. The predicted molar refractivity (Wildman–Crippen MR) is 161 cm³/mol. The minimum Gasteiger partial charge on any atom is -0.384 e. The van der Waals surface area contributed by atoms with Crippen molar-refractivity contribution in [2.45, 2.75) is 44.3 Å². The Labute approximate surface area is 244 Å². The SMILES string of the molecule is C=CC(=O)N1[C@H](C)CN(c2nc(=O)n3c4c(c(-c5ccc(F)cc5)c(C)cc24)SCC(COC)(COC)C3)C[C@@H]1C. The van der Waals surface area contributed by atoms with Gasteiger partial charge in [-0.3, -0.25) is 9.36 Å². The molecule has 0 radical (unpaired) electrons. The summed E-state index contributed by atoms with van der Waals surface area (Å²) in [5, 5.41) is 0.879. The van der Waals surface area contributed by atoms with Gasteiger partial charge in [-0.15, -0.1) is 11.8 Å². The van der Waals surface area contributed by atoms with Crippen LogP contribution in [0.3, 0.4) is 0 Å². The fourth-order valence-corrected chi connectivity index (χ4v) is 7.98. The number of piperazine rings is 1. The van der Waals surface area contributed by atoms with Crippen LogP contribution in [0.25, 0.3) is 22.0 Å². The van der Waals surface area contributed by atoms with E-state index in [-0.39, 0.29) is 29.5 Å². The Morgan fingerprint density at radius 1 is 1.17 bits per heavy atom. The number of rotatable bonds is 7. The van der Waals surface area contributed by atoms with Gasteiger partial charge in [0.25, 0.3) is 0 Å². The topological polar surface area (TPSA) is 76.9 Å². The van der Waals surface area contributed by atoms with Crippen molar-refractivity contribution in [2.75, 3.05) is 51.2 Å². The smallest absolute Gasteiger partial charge is 0.350 e. The maximum atomic E-state index is 13.9. The second-order valence-electron chi connectivity index (χ2n) is 11.3. The van der Waals surface area contributed by atoms with Crippen LogP contribution in [0.5, 0.6) is 0 Å². The van der Waals surface area contributed by atoms with Crippen LogP contribution >= 0.6 is 11.8 Å². The van der Waals surface area contributed by atoms with Crippen molar-refractivity contribution >= 4 is 34.4 Å². The normalized spacial score (nSPS) is 20.2. The molecule has 0 spiro atoms. The zero-order chi connectivity index (χ0) is 29.5. The van der Waals surface area contributed by atoms with Crippen molar-refractivity contribution in [2.24, 2.45) is 5.41 Å². The van der Waals surface area contributed by atoms with Gasteiger partial charge in [0, 0.05) is 73.0 Å². The molecule has 1 fully saturated rings. The van der Waals surface area contributed by atoms with Crippen molar-refractivity contribution in [3.63, 3.8) is 0 Å². The average Bonchev–Trinajstić information content (AvgIpc) is 3.09. The maximum Gasteiger partial charge on any atom is 0.350 e. The van der Waals surface area contributed by atoms with E-state index in [0.717, 1.165) is 32.5 Å². The van der Waals surface area contributed by atoms with Gasteiger partial charge in [0.15, 0.2) is 0 Å². The van der Waals surface area contributed by atoms with Crippen molar-refractivity contribution in [1.29, 1.82) is 0 Å². The summed E-state index contributed by atoms with van der Waals surface area (Å²) in [5.74, 6) is 0.877. The summed E-state index contributed by atoms with van der Waals surface area (Å²) in [6, 6.07) is 8.40. The van der Waals surface area contributed by atoms with E-state index >= 15 is 0 Å². The molecule has 10 heteroatoms. The van der Waals surface area contributed by atoms with E-state index < -0.39 is 5.41 Å². The molecule has 3 heterocycles. The summed E-state index contributed by atoms with van der Waals surface area (Å²) in [4.78, 5) is 36.1. The number of anilines is 1. The van der Waals surface area contributed by atoms with Gasteiger partial charge in [0.2, 0.25) is 5.91 Å². The Hall–Kier alpha value is -3.21. The zero-order valence-electron chi connectivity index (χ0n) is 24.3. The molecule has 3 aromatic rings. The molecule has 5 rings (SSSR count). The quantitative estimate of drug-likeness (QED) is 0.381. The van der Waals surface area contributed by atoms with Crippen molar-refractivity contribution in [1.82, 2.24) is 14.5 Å². The Morgan fingerprint density at radius 3 is 2.39 bits per heavy atom. The lowest BCUT2D eigenvalue weighted by atomic mass is 9.92. The second kappa shape index (κ2) is 11.6. The van der Waals surface area contributed by atoms with Gasteiger partial charge < -0.3 is 19.3 Å². The highest BCUT2D eigenvalue weighted by Crippen LogP contribution is 2.46. The number of methoxy groups -OCH3 is 2. The molecule has 0 bridgehead atoms. The molecule has 2 atom stereocenters. The molecule has 0 unspecified atom stereocenters. The predicted octanol–water partition coefficient (Wildman–Crippen LogP) is 4.51. The molecule has 41 heavy (non-hydrogen) atoms. The summed E-state index contributed by atoms with van der Waals surface area (Å²) in [6.07, 6.45) is 1.35. The van der Waals surface area contributed by atoms with E-state index in [4.69, 9.17) is 9.47 Å². The van der Waals surface area contributed by atoms with Crippen molar-refractivity contribution in [3.05, 3.63) is 64.9 Å². The number of benzene rings is 2. The van der Waals surface area contributed by atoms with Crippen LogP contribution in [-0.2, 0) is 20.8 Å². The molecular weight excluding hydrogens is 543 g/mol. The van der Waals surface area contributed by atoms with Crippen LogP contribution < -0.4 is 10.6 Å². The van der Waals surface area contributed by atoms with Gasteiger partial charge in [0.05, 0.1) is 18.7 Å². The summed E-state index contributed by atoms with van der Waals surface area (Å²) in [5.41, 5.74) is 2.88. The first-order valence-corrected chi connectivity index (χ1v) is 14.8. The zero-order valence-corrected chi connectivity index (χ0v) is 25.1. The van der Waals surface area contributed by atoms with E-state index in [1.807, 2.05) is 25.7 Å². The molecule has 0 saturated carbocycles. The highest BCUT2D eigenvalue weighted by molar-refractivity contribution is 7.99. The van der Waals surface area contributed by atoms with E-state index in [0.29, 0.717) is 44.4 Å². The highest BCUT2D eigenvalue weighted by Gasteiger charge is 2.38. The molecule has 8 nitrogen and oxygen atoms in total. The lowest BCUT2D eigenvalue weighted by Gasteiger charge is -2.44. The highest BCUT2D eigenvalue weighted by atomic mass is 32.2. The van der Waals surface area contributed by atoms with Gasteiger partial charge in [-0.1, -0.05) is 18.7 Å². The number of amides is 1. The maximum absolute atomic E-state index is 13.9. The molecule has 2 aromatic carbocycles. The van der Waals surface area contributed by atoms with E-state index in [2.05, 4.69) is 22.5 Å². The van der Waals surface area contributed by atoms with Crippen molar-refractivity contribution < 1.29 is 18.7 Å². The Bertz CT molecular complexity index is 1520. The first-order chi connectivity index (χ1) is 19.6. The van der Waals surface area contributed by atoms with E-state index in [1.54, 1.807) is 42.7 Å². The standard InChI is InChI=1S/C31H37FN4O4S/c1-7-25(37)36-20(3)13-34(14-21(36)4)29-24-12-19(2)26(22-8-10-23(32)11-9-22)28-27(24)35(30(38)33-29)15-31(16-39-5,17-40-6)18-41-28/h7-12,20-21H,1,13-18H2,2-6H3/t20-,21+. The van der Waals surface area contributed by atoms with Crippen LogP contribution in [-0.4, -0.2) is 78.7 Å². The second-order valence-corrected chi connectivity index (χ2v) is 12.3. The third-order valence-corrected chi connectivity index (χ3v) is 9.54. The monoisotopic (exact) mass is 580 g/mol. The number of carbonyl (C=O) groups is 1. The number of carbonyl (C=O) groups excluding carboxylic acids is 1. The largest absolute Gasteiger partial charge is 0.384 e. The summed E-state index contributed by atoms with van der Waals surface area (Å²) < 4.78 is 27.0. The van der Waals surface area contributed by atoms with Crippen LogP contribution in [0.2, 0.25) is 0 Å². The fourth-order valence-electron chi connectivity index (χ4n) is 6.50. The number of aryl methyl sites for hydroxylation is 1. The molecule has 1 amide bonds.